The van der Waals surface area contributed by atoms with E-state index in [1.807, 2.05) is 20.8 Å². The van der Waals surface area contributed by atoms with Crippen molar-refractivity contribution in [2.24, 2.45) is 0 Å². The Morgan fingerprint density at radius 3 is 1.33 bits per heavy atom. The molecule has 0 radical (unpaired) electrons. The van der Waals surface area contributed by atoms with E-state index in [0.717, 1.165) is 19.3 Å². The summed E-state index contributed by atoms with van der Waals surface area (Å²) in [5, 5.41) is 0. The topological polar surface area (TPSA) is 114 Å². The molecule has 0 saturated carbocycles. The second-order valence-corrected chi connectivity index (χ2v) is 7.96. The number of hydrogen-bond donors (Lipinski definition) is 0. The lowest BCUT2D eigenvalue weighted by atomic mass is 9.94. The lowest BCUT2D eigenvalue weighted by Crippen LogP contribution is -2.32. The van der Waals surface area contributed by atoms with Crippen LogP contribution in [0.25, 0.3) is 0 Å². The molecule has 0 spiro atoms. The summed E-state index contributed by atoms with van der Waals surface area (Å²) in [5.41, 5.74) is -0.530. The smallest absolute Gasteiger partial charge is 0.303 e. The highest BCUT2D eigenvalue weighted by Crippen LogP contribution is 2.24. The summed E-state index contributed by atoms with van der Waals surface area (Å²) in [6.07, 6.45) is 7.37. The van der Waals surface area contributed by atoms with Gasteiger partial charge in [0.2, 0.25) is 5.91 Å². The Bertz CT molecular complexity index is 665. The van der Waals surface area contributed by atoms with E-state index in [9.17, 15) is 19.2 Å². The molecule has 9 heteroatoms. The van der Waals surface area contributed by atoms with Gasteiger partial charge in [0.05, 0.1) is 6.61 Å². The highest BCUT2D eigenvalue weighted by atomic mass is 16.6. The Labute approximate surface area is 199 Å². The Hall–Kier alpha value is -2.71. The molecule has 0 saturated heterocycles. The summed E-state index contributed by atoms with van der Waals surface area (Å²) >= 11 is 0. The predicted molar refractivity (Wildman–Crippen MR) is 128 cm³/mol. The minimum Gasteiger partial charge on any atom is -0.466 e. The van der Waals surface area contributed by atoms with Gasteiger partial charge >= 0.3 is 17.9 Å². The average Bonchev–Trinajstić information content (AvgIpc) is 3.21. The second kappa shape index (κ2) is 18.8. The van der Waals surface area contributed by atoms with Crippen LogP contribution in [-0.4, -0.2) is 51.2 Å². The zero-order valence-electron chi connectivity index (χ0n) is 22.3. The van der Waals surface area contributed by atoms with Gasteiger partial charge < -0.3 is 14.2 Å². The van der Waals surface area contributed by atoms with Crippen molar-refractivity contribution >= 4 is 23.8 Å². The van der Waals surface area contributed by atoms with E-state index >= 15 is 0 Å². The summed E-state index contributed by atoms with van der Waals surface area (Å²) in [6.45, 7) is 19.7. The maximum atomic E-state index is 10.7. The van der Waals surface area contributed by atoms with Gasteiger partial charge in [-0.15, -0.1) is 0 Å². The Balaban J connectivity index is -0.000000372. The predicted octanol–water partition coefficient (Wildman–Crippen LogP) is 4.98. The molecule has 0 fully saturated rings. The fraction of sp³-hybridized carbons (Fsp3) is 0.708. The van der Waals surface area contributed by atoms with E-state index in [1.165, 1.54) is 38.6 Å². The molecule has 0 N–H and O–H groups in total. The summed E-state index contributed by atoms with van der Waals surface area (Å²) < 4.78 is 15.9. The lowest BCUT2D eigenvalue weighted by molar-refractivity contribution is -0.158. The maximum absolute atomic E-state index is 10.7. The fourth-order valence-electron chi connectivity index (χ4n) is 2.35. The Morgan fingerprint density at radius 2 is 1.24 bits per heavy atom. The Morgan fingerprint density at radius 1 is 0.788 bits per heavy atom. The quantitative estimate of drug-likeness (QED) is 0.435. The number of aromatic nitrogens is 2. The minimum absolute atomic E-state index is 0.0116. The molecule has 192 valence electrons. The van der Waals surface area contributed by atoms with Crippen molar-refractivity contribution in [3.8, 4) is 0 Å². The standard InChI is InChI=1S/C9H18O2.C6H12O2.C5H6N2O.C4H8O2/c1-5-9(6-2,7-3)11-8(4)10;1-5(7)8-6(2,3)4;1-5(8)7-3-2-6-4-7;1-3-6-4(2)5/h5-7H2,1-4H3;1-4H3;2-4H,1H3;3H2,1-2H3. The van der Waals surface area contributed by atoms with Crippen molar-refractivity contribution in [3.05, 3.63) is 18.7 Å². The summed E-state index contributed by atoms with van der Waals surface area (Å²) in [7, 11) is 0. The molecule has 1 aromatic rings. The molecule has 0 aromatic carbocycles. The molecule has 0 aliphatic heterocycles. The monoisotopic (exact) mass is 472 g/mol. The Kier molecular flexibility index (Phi) is 19.9. The van der Waals surface area contributed by atoms with Gasteiger partial charge in [-0.1, -0.05) is 20.8 Å². The van der Waals surface area contributed by atoms with Gasteiger partial charge in [-0.05, 0) is 47.0 Å². The molecule has 9 nitrogen and oxygen atoms in total. The van der Waals surface area contributed by atoms with E-state index in [2.05, 4.69) is 30.5 Å². The molecular weight excluding hydrogens is 428 g/mol. The number of imidazole rings is 1. The van der Waals surface area contributed by atoms with Crippen LogP contribution >= 0.6 is 0 Å². The van der Waals surface area contributed by atoms with Gasteiger partial charge in [0.1, 0.15) is 17.5 Å². The molecule has 0 bridgehead atoms. The number of nitrogens with zero attached hydrogens (tertiary/aromatic N) is 2. The van der Waals surface area contributed by atoms with Crippen LogP contribution in [-0.2, 0) is 28.6 Å². The van der Waals surface area contributed by atoms with E-state index in [-0.39, 0.29) is 35.0 Å². The van der Waals surface area contributed by atoms with Crippen LogP contribution in [0.3, 0.4) is 0 Å². The molecule has 1 rings (SSSR count). The van der Waals surface area contributed by atoms with E-state index in [1.54, 1.807) is 19.3 Å². The van der Waals surface area contributed by atoms with E-state index in [0.29, 0.717) is 6.61 Å². The number of rotatable bonds is 5. The van der Waals surface area contributed by atoms with Crippen molar-refractivity contribution < 1.29 is 33.4 Å². The van der Waals surface area contributed by atoms with Gasteiger partial charge in [-0.3, -0.25) is 23.7 Å². The highest BCUT2D eigenvalue weighted by molar-refractivity contribution is 5.75. The van der Waals surface area contributed by atoms with Crippen LogP contribution in [0.1, 0.15) is 100 Å². The van der Waals surface area contributed by atoms with Gasteiger partial charge in [0, 0.05) is 40.1 Å². The third-order valence-electron chi connectivity index (χ3n) is 3.96. The molecule has 0 unspecified atom stereocenters. The first-order chi connectivity index (χ1) is 15.1. The molecular formula is C24H44N2O7. The van der Waals surface area contributed by atoms with Crippen molar-refractivity contribution in [2.45, 2.75) is 107 Å². The highest BCUT2D eigenvalue weighted by Gasteiger charge is 2.26. The molecule has 0 amide bonds. The first-order valence-electron chi connectivity index (χ1n) is 11.1. The first-order valence-corrected chi connectivity index (χ1v) is 11.1. The summed E-state index contributed by atoms with van der Waals surface area (Å²) in [5.74, 6) is -0.618. The van der Waals surface area contributed by atoms with Crippen molar-refractivity contribution in [3.63, 3.8) is 0 Å². The van der Waals surface area contributed by atoms with Gasteiger partial charge in [-0.2, -0.15) is 0 Å². The van der Waals surface area contributed by atoms with E-state index in [4.69, 9.17) is 9.47 Å². The number of carbonyl (C=O) groups excluding carboxylic acids is 4. The van der Waals surface area contributed by atoms with Crippen LogP contribution in [0.5, 0.6) is 0 Å². The molecule has 1 aromatic heterocycles. The minimum atomic E-state index is -0.328. The molecule has 1 heterocycles. The van der Waals surface area contributed by atoms with Crippen molar-refractivity contribution in [1.29, 1.82) is 0 Å². The number of carbonyl (C=O) groups is 4. The van der Waals surface area contributed by atoms with E-state index < -0.39 is 0 Å². The third kappa shape index (κ3) is 23.8. The summed E-state index contributed by atoms with van der Waals surface area (Å²) in [4.78, 5) is 44.9. The van der Waals surface area contributed by atoms with Crippen LogP contribution < -0.4 is 0 Å². The van der Waals surface area contributed by atoms with Gasteiger partial charge in [0.15, 0.2) is 0 Å². The molecule has 0 aliphatic carbocycles. The lowest BCUT2D eigenvalue weighted by Gasteiger charge is -2.29. The fourth-order valence-corrected chi connectivity index (χ4v) is 2.35. The van der Waals surface area contributed by atoms with Crippen molar-refractivity contribution in [1.82, 2.24) is 9.55 Å². The largest absolute Gasteiger partial charge is 0.466 e. The zero-order chi connectivity index (χ0) is 26.7. The summed E-state index contributed by atoms with van der Waals surface area (Å²) in [6, 6.07) is 0. The second-order valence-electron chi connectivity index (χ2n) is 7.96. The van der Waals surface area contributed by atoms with Crippen LogP contribution in [0.4, 0.5) is 0 Å². The third-order valence-corrected chi connectivity index (χ3v) is 3.96. The van der Waals surface area contributed by atoms with Gasteiger partial charge in [0.25, 0.3) is 0 Å². The SMILES string of the molecule is CC(=O)OC(C)(C)C.CC(=O)n1ccnc1.CCC(CC)(CC)OC(C)=O.CCOC(C)=O. The molecule has 0 atom stereocenters. The van der Waals surface area contributed by atoms with Crippen molar-refractivity contribution in [2.75, 3.05) is 6.61 Å². The number of ether oxygens (including phenoxy) is 3. The molecule has 33 heavy (non-hydrogen) atoms. The normalized spacial score (nSPS) is 10.0. The zero-order valence-corrected chi connectivity index (χ0v) is 22.3. The number of esters is 3. The average molecular weight is 473 g/mol. The van der Waals surface area contributed by atoms with Crippen LogP contribution in [0, 0.1) is 0 Å². The molecule has 0 aliphatic rings. The first kappa shape index (κ1) is 34.9. The van der Waals surface area contributed by atoms with Crippen LogP contribution in [0.15, 0.2) is 18.7 Å². The van der Waals surface area contributed by atoms with Crippen LogP contribution in [0.2, 0.25) is 0 Å². The number of hydrogen-bond acceptors (Lipinski definition) is 8. The maximum Gasteiger partial charge on any atom is 0.303 e. The van der Waals surface area contributed by atoms with Gasteiger partial charge in [-0.25, -0.2) is 4.98 Å².